The van der Waals surface area contributed by atoms with Crippen molar-refractivity contribution in [2.45, 2.75) is 192 Å². The Morgan fingerprint density at radius 2 is 1.54 bits per heavy atom. The van der Waals surface area contributed by atoms with Crippen LogP contribution in [0.4, 0.5) is 0 Å². The van der Waals surface area contributed by atoms with E-state index in [1.807, 2.05) is 20.8 Å². The predicted octanol–water partition coefficient (Wildman–Crippen LogP) is 7.49. The third-order valence-corrected chi connectivity index (χ3v) is 18.9. The van der Waals surface area contributed by atoms with E-state index < -0.39 is 125 Å². The Balaban J connectivity index is 1.35. The maximum Gasteiger partial charge on any atom is 0.320 e. The molecule has 2 aromatic rings. The summed E-state index contributed by atoms with van der Waals surface area (Å²) in [7, 11) is 6.06. The molecular weight excluding hydrogens is 1090 g/mol. The average molecular weight is 1170 g/mol. The second-order valence-electron chi connectivity index (χ2n) is 22.4. The summed E-state index contributed by atoms with van der Waals surface area (Å²) in [5, 5.41) is 22.7. The van der Waals surface area contributed by atoms with E-state index in [4.69, 9.17) is 70.6 Å². The highest BCUT2D eigenvalue weighted by atomic mass is 35.5. The highest BCUT2D eigenvalue weighted by molar-refractivity contribution is 8.00. The van der Waals surface area contributed by atoms with Crippen LogP contribution in [0.1, 0.15) is 118 Å². The minimum atomic E-state index is -1.51. The van der Waals surface area contributed by atoms with E-state index in [2.05, 4.69) is 4.98 Å². The van der Waals surface area contributed by atoms with E-state index in [9.17, 15) is 24.6 Å². The molecule has 0 radical (unpaired) electrons. The number of nitrogens with zero attached hydrogens (tertiary/aromatic N) is 2. The van der Waals surface area contributed by atoms with Crippen molar-refractivity contribution in [2.24, 2.45) is 29.6 Å². The normalized spacial score (nSPS) is 37.5. The number of ether oxygens (including phenoxy) is 10. The number of amides is 1. The fraction of sp³-hybridized carbons (Fsp3) is 0.719. The Morgan fingerprint density at radius 3 is 2.15 bits per heavy atom. The number of hydrogen-bond donors (Lipinski definition) is 2. The monoisotopic (exact) mass is 1170 g/mol. The van der Waals surface area contributed by atoms with Crippen LogP contribution in [0.5, 0.6) is 11.5 Å². The summed E-state index contributed by atoms with van der Waals surface area (Å²) >= 11 is 13.9. The number of ketones is 2. The van der Waals surface area contributed by atoms with Gasteiger partial charge in [0.05, 0.1) is 71.3 Å². The van der Waals surface area contributed by atoms with Gasteiger partial charge in [-0.25, -0.2) is 0 Å². The SMILES string of the molecule is CC[C@H]1OC(=O)[C@H](C)[C@@H](O[C@H]2C[C@@](C)(OC)[C@@H](O)[C@H](C)O2)[C@H](C)[C@@H](O[C@@H]2O[C@H](C)C[C@H](N(C)C(C)=O)[C@H]2O)[C@](C)(OC)C[C@@H](C)C(=O)[C@H](C)[C@H]2[C@H](SCCOc3cc(C(=O)Cc4c(Cl)cncc4Cl)ccc3OC)C(=O)O[C@@]21C. The molecule has 6 rings (SSSR count). The fourth-order valence-corrected chi connectivity index (χ4v) is 14.0. The Labute approximate surface area is 478 Å². The smallest absolute Gasteiger partial charge is 0.320 e. The number of benzene rings is 1. The van der Waals surface area contributed by atoms with Crippen LogP contribution in [0.15, 0.2) is 30.6 Å². The van der Waals surface area contributed by atoms with Crippen LogP contribution in [0.2, 0.25) is 10.0 Å². The van der Waals surface area contributed by atoms with Gasteiger partial charge in [-0.15, -0.1) is 11.8 Å². The molecule has 4 saturated heterocycles. The van der Waals surface area contributed by atoms with Gasteiger partial charge in [0.25, 0.3) is 0 Å². The first-order valence-corrected chi connectivity index (χ1v) is 28.9. The van der Waals surface area contributed by atoms with Gasteiger partial charge in [-0.1, -0.05) is 50.9 Å². The number of carbonyl (C=O) groups excluding carboxylic acids is 5. The first-order chi connectivity index (χ1) is 37.1. The molecule has 4 aliphatic heterocycles. The van der Waals surface area contributed by atoms with Gasteiger partial charge in [-0.2, -0.15) is 0 Å². The van der Waals surface area contributed by atoms with Gasteiger partial charge < -0.3 is 62.5 Å². The van der Waals surface area contributed by atoms with Crippen molar-refractivity contribution in [3.63, 3.8) is 0 Å². The molecule has 19 nitrogen and oxygen atoms in total. The number of aliphatic hydroxyl groups is 2. The standard InChI is InChI=1S/C57H82Cl2N2O17S/c1-16-43-57(11)45(49(53(68)78-57)79-20-19-72-42-22-35(17-18-41(42)69-13)40(63)23-36-37(58)26-60-27-38(36)59)30(4)46(64)28(2)24-56(10,71-15)51(77-54-47(65)39(21-29(3)73-54)61(12)34(8)62)31(5)48(32(6)52(67)75-43)76-44-25-55(9,70-14)50(66)33(7)74-44/h17-18,22,26-33,39,43-45,47-51,54,65-66H,16,19-21,23-25H2,1-15H3/t28-,29-,30-,31+,32-,33+,39+,43-,44+,45+,47-,48+,49+,50+,51-,54+,55-,56-,57-/m1/s1. The van der Waals surface area contributed by atoms with Crippen molar-refractivity contribution in [3.05, 3.63) is 51.8 Å². The summed E-state index contributed by atoms with van der Waals surface area (Å²) in [4.78, 5) is 76.4. The van der Waals surface area contributed by atoms with Gasteiger partial charge in [0, 0.05) is 94.0 Å². The number of methoxy groups -OCH3 is 3. The highest BCUT2D eigenvalue weighted by Crippen LogP contribution is 2.50. The predicted molar refractivity (Wildman–Crippen MR) is 294 cm³/mol. The molecule has 0 unspecified atom stereocenters. The van der Waals surface area contributed by atoms with E-state index in [1.165, 1.54) is 57.3 Å². The van der Waals surface area contributed by atoms with Crippen LogP contribution in [0, 0.1) is 29.6 Å². The number of aromatic nitrogens is 1. The summed E-state index contributed by atoms with van der Waals surface area (Å²) < 4.78 is 63.5. The van der Waals surface area contributed by atoms with Crippen LogP contribution < -0.4 is 9.47 Å². The number of carbonyl (C=O) groups is 5. The number of hydrogen-bond acceptors (Lipinski definition) is 19. The van der Waals surface area contributed by atoms with E-state index >= 15 is 9.59 Å². The van der Waals surface area contributed by atoms with E-state index in [0.717, 1.165) is 0 Å². The lowest BCUT2D eigenvalue weighted by molar-refractivity contribution is -0.319. The number of esters is 2. The molecule has 5 heterocycles. The molecule has 0 aliphatic carbocycles. The molecular formula is C57H82Cl2N2O17S. The molecule has 1 aromatic carbocycles. The molecule has 442 valence electrons. The average Bonchev–Trinajstić information content (AvgIpc) is 3.77. The molecule has 1 aromatic heterocycles. The minimum Gasteiger partial charge on any atom is -0.493 e. The van der Waals surface area contributed by atoms with E-state index in [1.54, 1.807) is 73.7 Å². The fourth-order valence-electron chi connectivity index (χ4n) is 12.2. The van der Waals surface area contributed by atoms with Crippen LogP contribution >= 0.6 is 35.0 Å². The Kier molecular flexibility index (Phi) is 21.8. The van der Waals surface area contributed by atoms with Gasteiger partial charge in [0.2, 0.25) is 5.91 Å². The topological polar surface area (TPSA) is 234 Å². The van der Waals surface area contributed by atoms with Gasteiger partial charge in [0.1, 0.15) is 29.3 Å². The number of aliphatic hydroxyl groups excluding tert-OH is 2. The highest BCUT2D eigenvalue weighted by Gasteiger charge is 2.62. The lowest BCUT2D eigenvalue weighted by atomic mass is 9.70. The molecule has 79 heavy (non-hydrogen) atoms. The van der Waals surface area contributed by atoms with Crippen molar-refractivity contribution in [3.8, 4) is 11.5 Å². The largest absolute Gasteiger partial charge is 0.493 e. The van der Waals surface area contributed by atoms with Gasteiger partial charge >= 0.3 is 11.9 Å². The lowest BCUT2D eigenvalue weighted by Crippen LogP contribution is -2.61. The van der Waals surface area contributed by atoms with Crippen molar-refractivity contribution in [2.75, 3.05) is 40.7 Å². The molecule has 1 amide bonds. The van der Waals surface area contributed by atoms with Crippen molar-refractivity contribution in [1.29, 1.82) is 0 Å². The van der Waals surface area contributed by atoms with E-state index in [-0.39, 0.29) is 71.3 Å². The number of pyridine rings is 1. The van der Waals surface area contributed by atoms with Crippen molar-refractivity contribution in [1.82, 2.24) is 9.88 Å². The molecule has 22 heteroatoms. The zero-order valence-electron chi connectivity index (χ0n) is 48.2. The molecule has 0 saturated carbocycles. The molecule has 0 spiro atoms. The quantitative estimate of drug-likeness (QED) is 0.0887. The van der Waals surface area contributed by atoms with Crippen LogP contribution in [0.3, 0.4) is 0 Å². The number of halogens is 2. The molecule has 4 aliphatic rings. The Hall–Kier alpha value is -3.67. The van der Waals surface area contributed by atoms with Crippen LogP contribution in [0.25, 0.3) is 0 Å². The lowest BCUT2D eigenvalue weighted by Gasteiger charge is -2.50. The maximum atomic E-state index is 15.3. The maximum absolute atomic E-state index is 15.3. The number of Topliss-reactive ketones (excluding diaryl/α,β-unsaturated/α-hetero) is 2. The summed E-state index contributed by atoms with van der Waals surface area (Å²) in [6, 6.07) is 4.10. The minimum absolute atomic E-state index is 0.0411. The number of likely N-dealkylation sites (N-methyl/N-ethyl adjacent to an activating group) is 1. The van der Waals surface area contributed by atoms with Crippen LogP contribution in [-0.4, -0.2) is 174 Å². The zero-order valence-corrected chi connectivity index (χ0v) is 50.5. The second-order valence-corrected chi connectivity index (χ2v) is 24.5. The van der Waals surface area contributed by atoms with E-state index in [0.29, 0.717) is 23.3 Å². The summed E-state index contributed by atoms with van der Waals surface area (Å²) in [5.74, 6) is -5.61. The third kappa shape index (κ3) is 13.9. The molecule has 19 atom stereocenters. The number of rotatable bonds is 17. The summed E-state index contributed by atoms with van der Waals surface area (Å²) in [6.45, 7) is 19.0. The number of fused-ring (bicyclic) bond motifs is 1. The van der Waals surface area contributed by atoms with Crippen LogP contribution in [-0.2, 0) is 63.5 Å². The van der Waals surface area contributed by atoms with Crippen molar-refractivity contribution < 1.29 is 81.6 Å². The summed E-state index contributed by atoms with van der Waals surface area (Å²) in [6.07, 6.45) is -5.84. The Bertz CT molecular complexity index is 2470. The first-order valence-electron chi connectivity index (χ1n) is 27.1. The summed E-state index contributed by atoms with van der Waals surface area (Å²) in [5.41, 5.74) is -3.25. The molecule has 0 bridgehead atoms. The number of cyclic esters (lactones) is 1. The Morgan fingerprint density at radius 1 is 0.886 bits per heavy atom. The second kappa shape index (κ2) is 26.7. The van der Waals surface area contributed by atoms with Gasteiger partial charge in [-0.05, 0) is 79.0 Å². The zero-order chi connectivity index (χ0) is 58.6. The molecule has 4 fully saturated rings. The van der Waals surface area contributed by atoms with Crippen molar-refractivity contribution >= 4 is 64.4 Å². The third-order valence-electron chi connectivity index (χ3n) is 17.0. The van der Waals surface area contributed by atoms with Gasteiger partial charge in [-0.3, -0.25) is 29.0 Å². The van der Waals surface area contributed by atoms with Gasteiger partial charge in [0.15, 0.2) is 35.5 Å². The number of thioether (sulfide) groups is 1. The first kappa shape index (κ1) is 64.5. The molecule has 2 N–H and O–H groups in total.